The van der Waals surface area contributed by atoms with E-state index in [1.54, 1.807) is 24.9 Å². The van der Waals surface area contributed by atoms with Gasteiger partial charge < -0.3 is 34.6 Å². The summed E-state index contributed by atoms with van der Waals surface area (Å²) >= 11 is 0. The molecular weight excluding hydrogens is 649 g/mol. The highest BCUT2D eigenvalue weighted by atomic mass is 16.6. The number of hydrogen-bond acceptors (Lipinski definition) is 8. The molecular formula is C38H52BN5O7. The molecule has 3 heterocycles. The second-order valence-electron chi connectivity index (χ2n) is 14.5. The van der Waals surface area contributed by atoms with Crippen molar-refractivity contribution in [3.8, 4) is 5.75 Å². The van der Waals surface area contributed by atoms with Gasteiger partial charge in [-0.2, -0.15) is 0 Å². The van der Waals surface area contributed by atoms with Crippen LogP contribution in [0.15, 0.2) is 42.5 Å². The first-order chi connectivity index (χ1) is 24.7. The third-order valence-corrected chi connectivity index (χ3v) is 11.2. The molecule has 2 aromatic carbocycles. The molecule has 1 aliphatic carbocycles. The molecule has 2 saturated heterocycles. The predicted molar refractivity (Wildman–Crippen MR) is 196 cm³/mol. The van der Waals surface area contributed by atoms with E-state index in [1.165, 1.54) is 0 Å². The van der Waals surface area contributed by atoms with E-state index in [9.17, 15) is 24.3 Å². The number of phenolic OH excluding ortho intramolecular Hbond substituents is 1. The lowest BCUT2D eigenvalue weighted by molar-refractivity contribution is -0.144. The van der Waals surface area contributed by atoms with Crippen molar-refractivity contribution in [3.63, 3.8) is 0 Å². The van der Waals surface area contributed by atoms with Gasteiger partial charge in [-0.25, -0.2) is 9.59 Å². The van der Waals surface area contributed by atoms with Crippen LogP contribution >= 0.6 is 0 Å². The summed E-state index contributed by atoms with van der Waals surface area (Å²) in [7, 11) is 1.80. The zero-order valence-electron chi connectivity index (χ0n) is 30.1. The van der Waals surface area contributed by atoms with Crippen molar-refractivity contribution in [2.24, 2.45) is 5.92 Å². The lowest BCUT2D eigenvalue weighted by atomic mass is 9.83. The molecule has 2 N–H and O–H groups in total. The van der Waals surface area contributed by atoms with Crippen molar-refractivity contribution in [2.75, 3.05) is 57.7 Å². The molecule has 0 bridgehead atoms. The SMILES string of the molecule is Bc1cc(C[C@@H](OC(=O)N2CCC(N3CCc4ccccc4NC3=O)CC2)C(=O)N2CCN(C3CCC(CC(=O)OCC)CC3)CC2)ccc1O. The highest BCUT2D eigenvalue weighted by Crippen LogP contribution is 2.31. The molecule has 0 spiro atoms. The van der Waals surface area contributed by atoms with Crippen LogP contribution < -0.4 is 10.8 Å². The number of para-hydroxylation sites is 1. The van der Waals surface area contributed by atoms with E-state index in [0.29, 0.717) is 76.0 Å². The number of benzene rings is 2. The van der Waals surface area contributed by atoms with Gasteiger partial charge in [0, 0.05) is 76.4 Å². The molecule has 3 aliphatic heterocycles. The van der Waals surface area contributed by atoms with Crippen molar-refractivity contribution in [1.29, 1.82) is 0 Å². The van der Waals surface area contributed by atoms with Gasteiger partial charge in [-0.05, 0) is 86.5 Å². The fourth-order valence-corrected chi connectivity index (χ4v) is 8.21. The van der Waals surface area contributed by atoms with Gasteiger partial charge in [-0.15, -0.1) is 0 Å². The minimum Gasteiger partial charge on any atom is -0.509 e. The van der Waals surface area contributed by atoms with Gasteiger partial charge in [0.25, 0.3) is 5.91 Å². The molecule has 1 saturated carbocycles. The fourth-order valence-electron chi connectivity index (χ4n) is 8.21. The number of anilines is 1. The highest BCUT2D eigenvalue weighted by Gasteiger charge is 2.36. The zero-order valence-corrected chi connectivity index (χ0v) is 30.1. The first kappa shape index (κ1) is 36.5. The number of amides is 4. The summed E-state index contributed by atoms with van der Waals surface area (Å²) < 4.78 is 11.2. The number of likely N-dealkylation sites (tertiary alicyclic amines) is 1. The Morgan fingerprint density at radius 2 is 1.63 bits per heavy atom. The number of carbonyl (C=O) groups is 4. The molecule has 12 nitrogen and oxygen atoms in total. The maximum absolute atomic E-state index is 14.0. The van der Waals surface area contributed by atoms with Crippen LogP contribution in [-0.4, -0.2) is 127 Å². The molecule has 0 aromatic heterocycles. The van der Waals surface area contributed by atoms with Gasteiger partial charge >= 0.3 is 18.1 Å². The smallest absolute Gasteiger partial charge is 0.410 e. The number of fused-ring (bicyclic) bond motifs is 1. The quantitative estimate of drug-likeness (QED) is 0.302. The maximum atomic E-state index is 14.0. The van der Waals surface area contributed by atoms with Crippen LogP contribution in [0.5, 0.6) is 5.75 Å². The number of hydrogen-bond donors (Lipinski definition) is 2. The molecule has 1 atom stereocenters. The van der Waals surface area contributed by atoms with Crippen LogP contribution in [0.3, 0.4) is 0 Å². The molecule has 4 amide bonds. The molecule has 3 fully saturated rings. The number of nitrogens with zero attached hydrogens (tertiary/aromatic N) is 4. The Bertz CT molecular complexity index is 1550. The first-order valence-corrected chi connectivity index (χ1v) is 18.8. The van der Waals surface area contributed by atoms with Crippen LogP contribution in [0, 0.1) is 5.92 Å². The molecule has 4 aliphatic rings. The van der Waals surface area contributed by atoms with Gasteiger partial charge in [0.05, 0.1) is 6.61 Å². The Morgan fingerprint density at radius 3 is 2.33 bits per heavy atom. The first-order valence-electron chi connectivity index (χ1n) is 18.8. The Kier molecular flexibility index (Phi) is 12.1. The lowest BCUT2D eigenvalue weighted by Gasteiger charge is -2.42. The fraction of sp³-hybridized carbons (Fsp3) is 0.579. The molecule has 274 valence electrons. The molecule has 0 unspecified atom stereocenters. The van der Waals surface area contributed by atoms with E-state index in [1.807, 2.05) is 47.1 Å². The Morgan fingerprint density at radius 1 is 0.902 bits per heavy atom. The summed E-state index contributed by atoms with van der Waals surface area (Å²) in [6.07, 6.45) is 5.27. The highest BCUT2D eigenvalue weighted by molar-refractivity contribution is 6.34. The van der Waals surface area contributed by atoms with Crippen LogP contribution in [0.1, 0.15) is 63.0 Å². The van der Waals surface area contributed by atoms with E-state index in [-0.39, 0.29) is 36.1 Å². The lowest BCUT2D eigenvalue weighted by Crippen LogP contribution is -2.55. The van der Waals surface area contributed by atoms with Crippen molar-refractivity contribution < 1.29 is 33.8 Å². The van der Waals surface area contributed by atoms with E-state index in [0.717, 1.165) is 62.0 Å². The normalized spacial score (nSPS) is 22.4. The number of ether oxygens (including phenoxy) is 2. The molecule has 0 radical (unpaired) electrons. The standard InChI is InChI=1S/C38H52BN5O7/c1-2-50-35(46)25-26-7-10-29(11-8-26)41-19-21-42(22-20-41)36(47)34(24-27-9-12-33(45)31(39)23-27)51-38(49)43-16-14-30(15-17-43)44-18-13-28-5-3-4-6-32(28)40-37(44)48/h3-6,9,12,23,26,29-30,34,45H,2,7-8,10-11,13-22,24-25,39H2,1H3,(H,40,48)/t26?,29?,34-/m1/s1. The van der Waals surface area contributed by atoms with Crippen molar-refractivity contribution >= 4 is 43.0 Å². The number of esters is 1. The topological polar surface area (TPSA) is 132 Å². The monoisotopic (exact) mass is 701 g/mol. The van der Waals surface area contributed by atoms with E-state index in [4.69, 9.17) is 9.47 Å². The average molecular weight is 702 g/mol. The number of piperidine rings is 1. The van der Waals surface area contributed by atoms with Crippen LogP contribution in [0.4, 0.5) is 15.3 Å². The molecule has 6 rings (SSSR count). The second-order valence-corrected chi connectivity index (χ2v) is 14.5. The summed E-state index contributed by atoms with van der Waals surface area (Å²) in [4.78, 5) is 60.5. The molecule has 13 heteroatoms. The summed E-state index contributed by atoms with van der Waals surface area (Å²) in [5, 5.41) is 13.1. The van der Waals surface area contributed by atoms with Crippen LogP contribution in [-0.2, 0) is 31.9 Å². The Hall–Kier alpha value is -4.26. The van der Waals surface area contributed by atoms with Crippen LogP contribution in [0.2, 0.25) is 0 Å². The maximum Gasteiger partial charge on any atom is 0.410 e. The summed E-state index contributed by atoms with van der Waals surface area (Å²) in [5.74, 6) is 0.237. The number of piperazine rings is 1. The summed E-state index contributed by atoms with van der Waals surface area (Å²) in [6, 6.07) is 13.4. The number of nitrogens with one attached hydrogen (secondary N) is 1. The summed E-state index contributed by atoms with van der Waals surface area (Å²) in [5.41, 5.74) is 3.46. The zero-order chi connectivity index (χ0) is 35.9. The third kappa shape index (κ3) is 9.16. The van der Waals surface area contributed by atoms with Crippen LogP contribution in [0.25, 0.3) is 0 Å². The van der Waals surface area contributed by atoms with E-state index >= 15 is 0 Å². The minimum atomic E-state index is -1.00. The Labute approximate surface area is 301 Å². The predicted octanol–water partition coefficient (Wildman–Crippen LogP) is 2.91. The van der Waals surface area contributed by atoms with Gasteiger partial charge in [0.2, 0.25) is 0 Å². The minimum absolute atomic E-state index is 0.00433. The number of phenols is 1. The van der Waals surface area contributed by atoms with Gasteiger partial charge in [0.1, 0.15) is 13.6 Å². The number of rotatable bonds is 9. The number of carbonyl (C=O) groups excluding carboxylic acids is 4. The number of urea groups is 1. The molecule has 51 heavy (non-hydrogen) atoms. The average Bonchev–Trinajstić information content (AvgIpc) is 3.31. The van der Waals surface area contributed by atoms with Gasteiger partial charge in [-0.3, -0.25) is 14.5 Å². The van der Waals surface area contributed by atoms with Crippen molar-refractivity contribution in [3.05, 3.63) is 53.6 Å². The largest absolute Gasteiger partial charge is 0.509 e. The second kappa shape index (κ2) is 16.8. The van der Waals surface area contributed by atoms with Gasteiger partial charge in [-0.1, -0.05) is 30.3 Å². The van der Waals surface area contributed by atoms with E-state index < -0.39 is 12.2 Å². The number of aromatic hydroxyl groups is 1. The van der Waals surface area contributed by atoms with E-state index in [2.05, 4.69) is 10.2 Å². The third-order valence-electron chi connectivity index (χ3n) is 11.2. The van der Waals surface area contributed by atoms with Crippen molar-refractivity contribution in [2.45, 2.75) is 82.9 Å². The Balaban J connectivity index is 1.03. The van der Waals surface area contributed by atoms with Gasteiger partial charge in [0.15, 0.2) is 6.10 Å². The molecule has 2 aromatic rings. The summed E-state index contributed by atoms with van der Waals surface area (Å²) in [6.45, 7) is 6.34. The van der Waals surface area contributed by atoms with Crippen molar-refractivity contribution in [1.82, 2.24) is 19.6 Å².